The Morgan fingerprint density at radius 2 is 2.04 bits per heavy atom. The van der Waals surface area contributed by atoms with Crippen LogP contribution in [-0.4, -0.2) is 27.6 Å². The van der Waals surface area contributed by atoms with E-state index in [1.165, 1.54) is 35.9 Å². The van der Waals surface area contributed by atoms with Gasteiger partial charge in [0.05, 0.1) is 5.75 Å². The van der Waals surface area contributed by atoms with Gasteiger partial charge in [0.2, 0.25) is 5.91 Å². The van der Waals surface area contributed by atoms with Crippen molar-refractivity contribution in [1.29, 1.82) is 0 Å². The molecule has 0 saturated carbocycles. The van der Waals surface area contributed by atoms with E-state index in [1.54, 1.807) is 17.8 Å². The average molecular weight is 388 g/mol. The van der Waals surface area contributed by atoms with Crippen LogP contribution in [0.2, 0.25) is 5.02 Å². The number of anilines is 1. The summed E-state index contributed by atoms with van der Waals surface area (Å²) in [5, 5.41) is 11.8. The van der Waals surface area contributed by atoms with Gasteiger partial charge in [-0.1, -0.05) is 65.9 Å². The number of aromatic nitrogens is 2. The van der Waals surface area contributed by atoms with Crippen molar-refractivity contribution in [2.45, 2.75) is 35.4 Å². The highest BCUT2D eigenvalue weighted by molar-refractivity contribution is 8.03. The monoisotopic (exact) mass is 387 g/mol. The molecule has 1 aromatic carbocycles. The van der Waals surface area contributed by atoms with Crippen molar-refractivity contribution in [3.63, 3.8) is 0 Å². The van der Waals surface area contributed by atoms with Gasteiger partial charge in [-0.3, -0.25) is 4.79 Å². The lowest BCUT2D eigenvalue weighted by molar-refractivity contribution is -0.113. The summed E-state index contributed by atoms with van der Waals surface area (Å²) in [5.74, 6) is 1.29. The molecule has 0 saturated heterocycles. The Kier molecular flexibility index (Phi) is 7.69. The minimum Gasteiger partial charge on any atom is -0.325 e. The summed E-state index contributed by atoms with van der Waals surface area (Å²) in [5.41, 5.74) is 1.62. The maximum absolute atomic E-state index is 12.0. The van der Waals surface area contributed by atoms with Crippen LogP contribution in [0, 0.1) is 6.92 Å². The molecule has 23 heavy (non-hydrogen) atoms. The number of thioether (sulfide) groups is 2. The number of halogens is 1. The van der Waals surface area contributed by atoms with Crippen LogP contribution >= 0.6 is 46.5 Å². The first kappa shape index (κ1) is 18.6. The van der Waals surface area contributed by atoms with Gasteiger partial charge in [-0.2, -0.15) is 0 Å². The van der Waals surface area contributed by atoms with E-state index in [9.17, 15) is 4.79 Å². The molecule has 0 aliphatic carbocycles. The highest BCUT2D eigenvalue weighted by atomic mass is 35.5. The lowest BCUT2D eigenvalue weighted by Gasteiger charge is -2.08. The number of hydrogen-bond acceptors (Lipinski definition) is 6. The summed E-state index contributed by atoms with van der Waals surface area (Å²) < 4.78 is 1.79. The Labute approximate surface area is 153 Å². The molecule has 0 atom stereocenters. The summed E-state index contributed by atoms with van der Waals surface area (Å²) in [7, 11) is 0. The van der Waals surface area contributed by atoms with Crippen LogP contribution in [0.25, 0.3) is 0 Å². The predicted octanol–water partition coefficient (Wildman–Crippen LogP) is 5.12. The lowest BCUT2D eigenvalue weighted by atomic mass is 10.2. The van der Waals surface area contributed by atoms with Crippen molar-refractivity contribution < 1.29 is 4.79 Å². The fraction of sp³-hybridized carbons (Fsp3) is 0.400. The highest BCUT2D eigenvalue weighted by Crippen LogP contribution is 2.29. The van der Waals surface area contributed by atoms with E-state index in [2.05, 4.69) is 22.4 Å². The second-order valence-corrected chi connectivity index (χ2v) is 8.73. The van der Waals surface area contributed by atoms with E-state index >= 15 is 0 Å². The number of carbonyl (C=O) groups is 1. The Balaban J connectivity index is 1.81. The molecule has 2 rings (SSSR count). The van der Waals surface area contributed by atoms with Gasteiger partial charge < -0.3 is 5.32 Å². The number of rotatable bonds is 8. The molecular weight excluding hydrogens is 370 g/mol. The van der Waals surface area contributed by atoms with Crippen molar-refractivity contribution in [3.8, 4) is 0 Å². The van der Waals surface area contributed by atoms with Crippen LogP contribution in [0.5, 0.6) is 0 Å². The van der Waals surface area contributed by atoms with Crippen molar-refractivity contribution in [3.05, 3.63) is 28.8 Å². The molecule has 0 aliphatic heterocycles. The maximum atomic E-state index is 12.0. The quantitative estimate of drug-likeness (QED) is 0.503. The molecule has 0 bridgehead atoms. The van der Waals surface area contributed by atoms with Crippen LogP contribution in [-0.2, 0) is 4.79 Å². The topological polar surface area (TPSA) is 54.9 Å². The van der Waals surface area contributed by atoms with Crippen molar-refractivity contribution >= 4 is 58.1 Å². The van der Waals surface area contributed by atoms with Gasteiger partial charge in [0, 0.05) is 16.5 Å². The lowest BCUT2D eigenvalue weighted by Crippen LogP contribution is -2.14. The fourth-order valence-corrected chi connectivity index (χ4v) is 4.82. The zero-order valence-electron chi connectivity index (χ0n) is 13.0. The van der Waals surface area contributed by atoms with E-state index in [1.807, 2.05) is 19.1 Å². The third kappa shape index (κ3) is 5.99. The smallest absolute Gasteiger partial charge is 0.234 e. The minimum absolute atomic E-state index is 0.0734. The van der Waals surface area contributed by atoms with Gasteiger partial charge in [0.1, 0.15) is 0 Å². The van der Waals surface area contributed by atoms with Crippen molar-refractivity contribution in [2.24, 2.45) is 0 Å². The molecule has 0 aliphatic rings. The van der Waals surface area contributed by atoms with E-state index < -0.39 is 0 Å². The summed E-state index contributed by atoms with van der Waals surface area (Å²) in [6.45, 7) is 4.05. The van der Waals surface area contributed by atoms with E-state index in [0.717, 1.165) is 25.7 Å². The average Bonchev–Trinajstić information content (AvgIpc) is 2.98. The van der Waals surface area contributed by atoms with Crippen LogP contribution in [0.3, 0.4) is 0 Å². The molecule has 1 amide bonds. The Morgan fingerprint density at radius 1 is 1.30 bits per heavy atom. The molecule has 4 nitrogen and oxygen atoms in total. The van der Waals surface area contributed by atoms with Crippen LogP contribution < -0.4 is 5.32 Å². The number of unbranched alkanes of at least 4 members (excludes halogenated alkanes) is 1. The van der Waals surface area contributed by atoms with Crippen molar-refractivity contribution in [1.82, 2.24) is 10.2 Å². The fourth-order valence-electron chi connectivity index (χ4n) is 1.67. The van der Waals surface area contributed by atoms with Crippen LogP contribution in [0.1, 0.15) is 25.3 Å². The largest absolute Gasteiger partial charge is 0.325 e. The van der Waals surface area contributed by atoms with Gasteiger partial charge in [-0.25, -0.2) is 0 Å². The van der Waals surface area contributed by atoms with Crippen LogP contribution in [0.4, 0.5) is 5.69 Å². The first-order valence-corrected chi connectivity index (χ1v) is 10.4. The molecule has 124 valence electrons. The zero-order chi connectivity index (χ0) is 16.7. The van der Waals surface area contributed by atoms with E-state index in [0.29, 0.717) is 10.8 Å². The second kappa shape index (κ2) is 9.52. The van der Waals surface area contributed by atoms with E-state index in [4.69, 9.17) is 11.6 Å². The number of carbonyl (C=O) groups excluding carboxylic acids is 1. The van der Waals surface area contributed by atoms with Gasteiger partial charge in [0.25, 0.3) is 0 Å². The molecule has 0 spiro atoms. The molecule has 1 N–H and O–H groups in total. The first-order chi connectivity index (χ1) is 11.1. The molecular formula is C15H18ClN3OS3. The number of hydrogen-bond donors (Lipinski definition) is 1. The number of nitrogens with one attached hydrogen (secondary N) is 1. The molecule has 0 fully saturated rings. The number of amides is 1. The van der Waals surface area contributed by atoms with Crippen LogP contribution in [0.15, 0.2) is 26.9 Å². The Bertz CT molecular complexity index is 663. The van der Waals surface area contributed by atoms with Crippen molar-refractivity contribution in [2.75, 3.05) is 16.8 Å². The third-order valence-corrected chi connectivity index (χ3v) is 6.67. The molecule has 8 heteroatoms. The SMILES string of the molecule is CCCCSc1nnc(SCC(=O)Nc2cccc(Cl)c2C)s1. The first-order valence-electron chi connectivity index (χ1n) is 7.24. The summed E-state index contributed by atoms with van der Waals surface area (Å²) in [6, 6.07) is 5.47. The summed E-state index contributed by atoms with van der Waals surface area (Å²) in [6.07, 6.45) is 2.35. The van der Waals surface area contributed by atoms with E-state index in [-0.39, 0.29) is 5.91 Å². The number of benzene rings is 1. The summed E-state index contributed by atoms with van der Waals surface area (Å²) in [4.78, 5) is 12.0. The Morgan fingerprint density at radius 3 is 2.78 bits per heavy atom. The Hall–Kier alpha value is -0.760. The third-order valence-electron chi connectivity index (χ3n) is 2.98. The summed E-state index contributed by atoms with van der Waals surface area (Å²) >= 11 is 10.7. The highest BCUT2D eigenvalue weighted by Gasteiger charge is 2.10. The molecule has 2 aromatic rings. The second-order valence-electron chi connectivity index (χ2n) is 4.79. The molecule has 0 unspecified atom stereocenters. The predicted molar refractivity (Wildman–Crippen MR) is 101 cm³/mol. The number of nitrogens with zero attached hydrogens (tertiary/aromatic N) is 2. The standard InChI is InChI=1S/C15H18ClN3OS3/c1-3-4-8-21-14-18-19-15(23-14)22-9-13(20)17-12-7-5-6-11(16)10(12)2/h5-7H,3-4,8-9H2,1-2H3,(H,17,20). The van der Waals surface area contributed by atoms with Gasteiger partial charge in [0.15, 0.2) is 8.68 Å². The molecule has 1 heterocycles. The van der Waals surface area contributed by atoms with Gasteiger partial charge in [-0.05, 0) is 31.0 Å². The van der Waals surface area contributed by atoms with Gasteiger partial charge >= 0.3 is 0 Å². The maximum Gasteiger partial charge on any atom is 0.234 e. The molecule has 0 radical (unpaired) electrons. The van der Waals surface area contributed by atoms with Gasteiger partial charge in [-0.15, -0.1) is 10.2 Å². The minimum atomic E-state index is -0.0734. The zero-order valence-corrected chi connectivity index (χ0v) is 16.2. The molecule has 1 aromatic heterocycles. The normalized spacial score (nSPS) is 10.7.